The minimum Gasteiger partial charge on any atom is -0.361 e. The summed E-state index contributed by atoms with van der Waals surface area (Å²) in [5.41, 5.74) is 7.45. The molecule has 3 aromatic rings. The number of aromatic amines is 2. The summed E-state index contributed by atoms with van der Waals surface area (Å²) >= 11 is 0. The van der Waals surface area contributed by atoms with Crippen LogP contribution in [0.25, 0.3) is 0 Å². The summed E-state index contributed by atoms with van der Waals surface area (Å²) in [4.78, 5) is 7.00. The molecule has 0 aliphatic heterocycles. The zero-order valence-corrected chi connectivity index (χ0v) is 21.1. The van der Waals surface area contributed by atoms with Crippen LogP contribution in [0.1, 0.15) is 37.5 Å². The van der Waals surface area contributed by atoms with Crippen LogP contribution in [0.4, 0.5) is 0 Å². The largest absolute Gasteiger partial charge is 0.361 e. The highest BCUT2D eigenvalue weighted by Gasteiger charge is 2.31. The third-order valence-electron chi connectivity index (χ3n) is 5.25. The van der Waals surface area contributed by atoms with E-state index in [0.29, 0.717) is 0 Å². The van der Waals surface area contributed by atoms with Gasteiger partial charge in [-0.25, -0.2) is 0 Å². The van der Waals surface area contributed by atoms with E-state index in [1.165, 1.54) is 16.4 Å². The lowest BCUT2D eigenvalue weighted by atomic mass is 9.82. The highest BCUT2D eigenvalue weighted by atomic mass is 31.1. The first-order valence-electron chi connectivity index (χ1n) is 10.0. The molecule has 0 aliphatic rings. The molecule has 5 heteroatoms. The minimum absolute atomic E-state index is 0.132. The SMILES string of the molecule is CC(C)(C)c1c([Si](C)(C)C)ccc(CP)c1CP(c1ccc[nH]1)c1ccc[nH]1. The van der Waals surface area contributed by atoms with Crippen molar-refractivity contribution in [2.24, 2.45) is 0 Å². The molecule has 2 heterocycles. The highest BCUT2D eigenvalue weighted by Crippen LogP contribution is 2.41. The third kappa shape index (κ3) is 4.53. The molecule has 1 atom stereocenters. The van der Waals surface area contributed by atoms with Crippen LogP contribution < -0.4 is 16.1 Å². The van der Waals surface area contributed by atoms with Gasteiger partial charge < -0.3 is 9.97 Å². The molecule has 0 radical (unpaired) electrons. The number of hydrogen-bond donors (Lipinski definition) is 2. The second-order valence-electron chi connectivity index (χ2n) is 9.53. The van der Waals surface area contributed by atoms with E-state index in [0.717, 1.165) is 12.3 Å². The van der Waals surface area contributed by atoms with Crippen LogP contribution in [-0.4, -0.2) is 18.0 Å². The van der Waals surface area contributed by atoms with Gasteiger partial charge in [0.2, 0.25) is 0 Å². The number of aromatic nitrogens is 2. The van der Waals surface area contributed by atoms with E-state index in [4.69, 9.17) is 0 Å². The Labute approximate surface area is 174 Å². The average Bonchev–Trinajstić information content (AvgIpc) is 3.31. The predicted octanol–water partition coefficient (Wildman–Crippen LogP) is 5.19. The normalized spacial score (nSPS) is 12.7. The predicted molar refractivity (Wildman–Crippen MR) is 133 cm³/mol. The van der Waals surface area contributed by atoms with Crippen LogP contribution >= 0.6 is 17.2 Å². The fraction of sp³-hybridized carbons (Fsp3) is 0.391. The first-order chi connectivity index (χ1) is 13.1. The van der Waals surface area contributed by atoms with Gasteiger partial charge in [-0.3, -0.25) is 0 Å². The van der Waals surface area contributed by atoms with Crippen molar-refractivity contribution in [1.82, 2.24) is 9.97 Å². The summed E-state index contributed by atoms with van der Waals surface area (Å²) in [5, 5.41) is 1.62. The zero-order valence-electron chi connectivity index (χ0n) is 18.1. The molecule has 28 heavy (non-hydrogen) atoms. The van der Waals surface area contributed by atoms with Gasteiger partial charge in [-0.1, -0.05) is 57.7 Å². The number of rotatable bonds is 6. The Balaban J connectivity index is 2.21. The minimum atomic E-state index is -1.45. The first-order valence-corrected chi connectivity index (χ1v) is 15.9. The fourth-order valence-electron chi connectivity index (χ4n) is 3.98. The van der Waals surface area contributed by atoms with Crippen molar-refractivity contribution in [2.45, 2.75) is 58.2 Å². The molecule has 0 amide bonds. The molecule has 1 aromatic carbocycles. The van der Waals surface area contributed by atoms with Crippen molar-refractivity contribution >= 4 is 41.3 Å². The number of H-pyrrole nitrogens is 2. The van der Waals surface area contributed by atoms with Crippen LogP contribution in [0.15, 0.2) is 48.8 Å². The van der Waals surface area contributed by atoms with Gasteiger partial charge in [0.1, 0.15) is 0 Å². The second-order valence-corrected chi connectivity index (χ2v) is 17.1. The summed E-state index contributed by atoms with van der Waals surface area (Å²) in [7, 11) is 1.01. The molecule has 2 aromatic heterocycles. The summed E-state index contributed by atoms with van der Waals surface area (Å²) in [5.74, 6) is 0. The van der Waals surface area contributed by atoms with Crippen molar-refractivity contribution in [3.8, 4) is 0 Å². The summed E-state index contributed by atoms with van der Waals surface area (Å²) in [6, 6.07) is 13.5. The van der Waals surface area contributed by atoms with Crippen molar-refractivity contribution in [2.75, 3.05) is 0 Å². The third-order valence-corrected chi connectivity index (χ3v) is 10.1. The Morgan fingerprint density at radius 1 is 0.929 bits per heavy atom. The maximum Gasteiger partial charge on any atom is 0.0779 e. The number of hydrogen-bond acceptors (Lipinski definition) is 0. The Hall–Kier alpha value is -1.14. The smallest absolute Gasteiger partial charge is 0.0779 e. The molecule has 0 fully saturated rings. The quantitative estimate of drug-likeness (QED) is 0.400. The van der Waals surface area contributed by atoms with Crippen LogP contribution in [0.2, 0.25) is 19.6 Å². The van der Waals surface area contributed by atoms with E-state index in [9.17, 15) is 0 Å². The summed E-state index contributed by atoms with van der Waals surface area (Å²) < 4.78 is 0. The molecule has 3 rings (SSSR count). The second kappa shape index (κ2) is 8.31. The molecule has 0 spiro atoms. The van der Waals surface area contributed by atoms with Crippen LogP contribution in [0.5, 0.6) is 0 Å². The van der Waals surface area contributed by atoms with Crippen LogP contribution in [0, 0.1) is 0 Å². The van der Waals surface area contributed by atoms with Gasteiger partial charge in [-0.2, -0.15) is 0 Å². The monoisotopic (exact) mass is 428 g/mol. The Morgan fingerprint density at radius 3 is 1.89 bits per heavy atom. The average molecular weight is 429 g/mol. The van der Waals surface area contributed by atoms with Gasteiger partial charge in [0, 0.05) is 29.4 Å². The first kappa shape index (κ1) is 21.6. The molecule has 1 unspecified atom stereocenters. The lowest BCUT2D eigenvalue weighted by molar-refractivity contribution is 0.588. The Kier molecular flexibility index (Phi) is 6.40. The molecule has 0 aliphatic carbocycles. The van der Waals surface area contributed by atoms with Crippen LogP contribution in [-0.2, 0) is 17.7 Å². The maximum absolute atomic E-state index is 3.50. The molecule has 0 saturated carbocycles. The van der Waals surface area contributed by atoms with E-state index in [1.807, 2.05) is 12.4 Å². The van der Waals surface area contributed by atoms with E-state index >= 15 is 0 Å². The molecule has 150 valence electrons. The summed E-state index contributed by atoms with van der Waals surface area (Å²) in [6.45, 7) is 14.6. The van der Waals surface area contributed by atoms with E-state index < -0.39 is 16.0 Å². The molecule has 0 saturated heterocycles. The van der Waals surface area contributed by atoms with Crippen molar-refractivity contribution < 1.29 is 0 Å². The fourth-order valence-corrected chi connectivity index (χ4v) is 8.49. The highest BCUT2D eigenvalue weighted by molar-refractivity contribution is 7.71. The van der Waals surface area contributed by atoms with Crippen LogP contribution in [0.3, 0.4) is 0 Å². The van der Waals surface area contributed by atoms with Crippen molar-refractivity contribution in [3.05, 3.63) is 65.5 Å². The molecular formula is C23H34N2P2Si. The van der Waals surface area contributed by atoms with Gasteiger partial charge in [0.25, 0.3) is 0 Å². The Morgan fingerprint density at radius 2 is 1.50 bits per heavy atom. The molecular weight excluding hydrogens is 394 g/mol. The van der Waals surface area contributed by atoms with Crippen molar-refractivity contribution in [3.63, 3.8) is 0 Å². The van der Waals surface area contributed by atoms with E-state index in [1.54, 1.807) is 16.3 Å². The lowest BCUT2D eigenvalue weighted by Crippen LogP contribution is -2.44. The summed E-state index contributed by atoms with van der Waals surface area (Å²) in [6.07, 6.45) is 6.18. The topological polar surface area (TPSA) is 31.6 Å². The molecule has 2 nitrogen and oxygen atoms in total. The maximum atomic E-state index is 3.50. The Bertz CT molecular complexity index is 867. The number of nitrogens with one attached hydrogen (secondary N) is 2. The van der Waals surface area contributed by atoms with Gasteiger partial charge >= 0.3 is 0 Å². The lowest BCUT2D eigenvalue weighted by Gasteiger charge is -2.34. The van der Waals surface area contributed by atoms with Gasteiger partial charge in [-0.15, -0.1) is 9.24 Å². The van der Waals surface area contributed by atoms with E-state index in [-0.39, 0.29) is 5.41 Å². The zero-order chi connectivity index (χ0) is 20.5. The van der Waals surface area contributed by atoms with E-state index in [2.05, 4.69) is 96.0 Å². The molecule has 0 bridgehead atoms. The standard InChI is InChI=1S/C23H34N2P2Si/c1-23(2,3)22-18(17(15-26)11-12-19(22)28(4,5)6)16-27(20-9-7-13-24-20)21-10-8-14-25-21/h7-14,24-25H,15-16,26H2,1-6H3. The van der Waals surface area contributed by atoms with Gasteiger partial charge in [-0.05, 0) is 60.5 Å². The van der Waals surface area contributed by atoms with Crippen molar-refractivity contribution in [1.29, 1.82) is 0 Å². The molecule has 2 N–H and O–H groups in total. The number of benzene rings is 1. The van der Waals surface area contributed by atoms with Gasteiger partial charge in [0.15, 0.2) is 0 Å². The van der Waals surface area contributed by atoms with Gasteiger partial charge in [0.05, 0.1) is 8.07 Å².